The van der Waals surface area contributed by atoms with Gasteiger partial charge in [-0.1, -0.05) is 42.5 Å². The van der Waals surface area contributed by atoms with Gasteiger partial charge in [-0.15, -0.1) is 0 Å². The summed E-state index contributed by atoms with van der Waals surface area (Å²) in [7, 11) is 0. The van der Waals surface area contributed by atoms with Crippen molar-refractivity contribution >= 4 is 28.7 Å². The highest BCUT2D eigenvalue weighted by atomic mass is 16.5. The standard InChI is InChI=1S/C18H18N2O4/c1-12(17(22)20-9-8-19-18(20)23)24-16(21)11-13-6-7-14-4-2-3-5-15(14)10-13/h2-7,10,12H,8-9,11H2,1H3,(H,19,23)/t12-/m0/s1. The SMILES string of the molecule is C[C@H](OC(=O)Cc1ccc2ccccc2c1)C(=O)N1CCNC1=O. The summed E-state index contributed by atoms with van der Waals surface area (Å²) in [6.07, 6.45) is -0.906. The molecule has 24 heavy (non-hydrogen) atoms. The number of amides is 3. The van der Waals surface area contributed by atoms with Crippen molar-refractivity contribution in [3.8, 4) is 0 Å². The second-order valence-corrected chi connectivity index (χ2v) is 5.71. The predicted octanol–water partition coefficient (Wildman–Crippen LogP) is 1.87. The van der Waals surface area contributed by atoms with Gasteiger partial charge in [0.05, 0.1) is 6.42 Å². The fourth-order valence-corrected chi connectivity index (χ4v) is 2.71. The van der Waals surface area contributed by atoms with Crippen LogP contribution in [0.5, 0.6) is 0 Å². The highest BCUT2D eigenvalue weighted by Crippen LogP contribution is 2.16. The molecule has 1 aliphatic heterocycles. The fraction of sp³-hybridized carbons (Fsp3) is 0.278. The summed E-state index contributed by atoms with van der Waals surface area (Å²) in [4.78, 5) is 36.7. The van der Waals surface area contributed by atoms with Crippen molar-refractivity contribution in [2.24, 2.45) is 0 Å². The lowest BCUT2D eigenvalue weighted by Gasteiger charge is -2.18. The summed E-state index contributed by atoms with van der Waals surface area (Å²) < 4.78 is 5.18. The van der Waals surface area contributed by atoms with Crippen molar-refractivity contribution in [1.82, 2.24) is 10.2 Å². The molecular formula is C18H18N2O4. The first kappa shape index (κ1) is 16.0. The van der Waals surface area contributed by atoms with Crippen LogP contribution < -0.4 is 5.32 Å². The molecule has 124 valence electrons. The van der Waals surface area contributed by atoms with E-state index < -0.39 is 24.0 Å². The number of urea groups is 1. The van der Waals surface area contributed by atoms with Crippen LogP contribution in [0, 0.1) is 0 Å². The first-order chi connectivity index (χ1) is 11.5. The molecule has 6 nitrogen and oxygen atoms in total. The molecule has 1 fully saturated rings. The van der Waals surface area contributed by atoms with Crippen molar-refractivity contribution in [3.63, 3.8) is 0 Å². The van der Waals surface area contributed by atoms with Crippen molar-refractivity contribution in [2.75, 3.05) is 13.1 Å². The third-order valence-corrected chi connectivity index (χ3v) is 3.94. The molecule has 0 aliphatic carbocycles. The quantitative estimate of drug-likeness (QED) is 0.870. The van der Waals surface area contributed by atoms with E-state index in [4.69, 9.17) is 4.74 Å². The second kappa shape index (κ2) is 6.70. The van der Waals surface area contributed by atoms with Crippen LogP contribution in [-0.4, -0.2) is 42.0 Å². The number of ether oxygens (including phenoxy) is 1. The van der Waals surface area contributed by atoms with Gasteiger partial charge in [-0.3, -0.25) is 14.5 Å². The molecule has 1 atom stereocenters. The van der Waals surface area contributed by atoms with Gasteiger partial charge in [-0.2, -0.15) is 0 Å². The van der Waals surface area contributed by atoms with Crippen LogP contribution in [0.4, 0.5) is 4.79 Å². The molecule has 6 heteroatoms. The maximum Gasteiger partial charge on any atom is 0.324 e. The van der Waals surface area contributed by atoms with E-state index in [2.05, 4.69) is 5.32 Å². The van der Waals surface area contributed by atoms with Crippen LogP contribution in [0.2, 0.25) is 0 Å². The molecule has 3 rings (SSSR count). The van der Waals surface area contributed by atoms with E-state index in [1.165, 1.54) is 6.92 Å². The topological polar surface area (TPSA) is 75.7 Å². The number of benzene rings is 2. The largest absolute Gasteiger partial charge is 0.452 e. The molecule has 2 aromatic rings. The molecule has 2 aromatic carbocycles. The van der Waals surface area contributed by atoms with Gasteiger partial charge < -0.3 is 10.1 Å². The van der Waals surface area contributed by atoms with E-state index in [1.807, 2.05) is 42.5 Å². The average Bonchev–Trinajstić information content (AvgIpc) is 2.99. The Labute approximate surface area is 139 Å². The highest BCUT2D eigenvalue weighted by Gasteiger charge is 2.31. The Morgan fingerprint density at radius 1 is 1.21 bits per heavy atom. The van der Waals surface area contributed by atoms with E-state index in [1.54, 1.807) is 0 Å². The van der Waals surface area contributed by atoms with Gasteiger partial charge in [0.25, 0.3) is 5.91 Å². The van der Waals surface area contributed by atoms with Gasteiger partial charge >= 0.3 is 12.0 Å². The highest BCUT2D eigenvalue weighted by molar-refractivity contribution is 5.98. The van der Waals surface area contributed by atoms with Crippen LogP contribution in [0.1, 0.15) is 12.5 Å². The molecule has 0 bridgehead atoms. The Hall–Kier alpha value is -2.89. The molecule has 3 amide bonds. The molecule has 0 saturated carbocycles. The number of hydrogen-bond donors (Lipinski definition) is 1. The van der Waals surface area contributed by atoms with Gasteiger partial charge in [0.1, 0.15) is 0 Å². The number of fused-ring (bicyclic) bond motifs is 1. The minimum atomic E-state index is -0.984. The summed E-state index contributed by atoms with van der Waals surface area (Å²) >= 11 is 0. The van der Waals surface area contributed by atoms with Gasteiger partial charge in [-0.25, -0.2) is 4.79 Å². The van der Waals surface area contributed by atoms with E-state index >= 15 is 0 Å². The van der Waals surface area contributed by atoms with Crippen molar-refractivity contribution < 1.29 is 19.1 Å². The maximum absolute atomic E-state index is 12.1. The number of carbonyl (C=O) groups excluding carboxylic acids is 3. The summed E-state index contributed by atoms with van der Waals surface area (Å²) in [5, 5.41) is 4.68. The maximum atomic E-state index is 12.1. The number of esters is 1. The molecule has 1 saturated heterocycles. The lowest BCUT2D eigenvalue weighted by atomic mass is 10.1. The van der Waals surface area contributed by atoms with E-state index in [0.717, 1.165) is 21.2 Å². The number of rotatable bonds is 4. The van der Waals surface area contributed by atoms with Crippen molar-refractivity contribution in [1.29, 1.82) is 0 Å². The lowest BCUT2D eigenvalue weighted by Crippen LogP contribution is -2.42. The number of carbonyl (C=O) groups is 3. The molecular weight excluding hydrogens is 308 g/mol. The van der Waals surface area contributed by atoms with E-state index in [-0.39, 0.29) is 6.42 Å². The van der Waals surface area contributed by atoms with Gasteiger partial charge in [0.15, 0.2) is 6.10 Å². The van der Waals surface area contributed by atoms with Gasteiger partial charge in [0, 0.05) is 13.1 Å². The van der Waals surface area contributed by atoms with Crippen LogP contribution in [0.25, 0.3) is 10.8 Å². The number of hydrogen-bond acceptors (Lipinski definition) is 4. The number of imide groups is 1. The average molecular weight is 326 g/mol. The zero-order valence-electron chi connectivity index (χ0n) is 13.3. The van der Waals surface area contributed by atoms with Crippen molar-refractivity contribution in [2.45, 2.75) is 19.4 Å². The number of nitrogens with one attached hydrogen (secondary N) is 1. The van der Waals surface area contributed by atoms with Gasteiger partial charge in [0.2, 0.25) is 0 Å². The Kier molecular flexibility index (Phi) is 4.46. The fourth-order valence-electron chi connectivity index (χ4n) is 2.71. The normalized spacial score (nSPS) is 15.2. The van der Waals surface area contributed by atoms with Crippen LogP contribution in [-0.2, 0) is 20.7 Å². The smallest absolute Gasteiger partial charge is 0.324 e. The lowest BCUT2D eigenvalue weighted by molar-refractivity contribution is -0.156. The van der Waals surface area contributed by atoms with Crippen LogP contribution in [0.15, 0.2) is 42.5 Å². The Bertz CT molecular complexity index is 802. The van der Waals surface area contributed by atoms with E-state index in [9.17, 15) is 14.4 Å². The van der Waals surface area contributed by atoms with Gasteiger partial charge in [-0.05, 0) is 23.3 Å². The summed E-state index contributed by atoms with van der Waals surface area (Å²) in [6.45, 7) is 2.19. The first-order valence-electron chi connectivity index (χ1n) is 7.81. The zero-order chi connectivity index (χ0) is 17.1. The molecule has 0 aromatic heterocycles. The first-order valence-corrected chi connectivity index (χ1v) is 7.81. The minimum absolute atomic E-state index is 0.0780. The number of nitrogens with zero attached hydrogens (tertiary/aromatic N) is 1. The monoisotopic (exact) mass is 326 g/mol. The summed E-state index contributed by atoms with van der Waals surface area (Å²) in [5.74, 6) is -0.998. The molecule has 1 aliphatic rings. The molecule has 0 radical (unpaired) electrons. The molecule has 1 N–H and O–H groups in total. The van der Waals surface area contributed by atoms with Crippen LogP contribution in [0.3, 0.4) is 0 Å². The summed E-state index contributed by atoms with van der Waals surface area (Å²) in [6, 6.07) is 13.2. The zero-order valence-corrected chi connectivity index (χ0v) is 13.3. The van der Waals surface area contributed by atoms with E-state index in [0.29, 0.717) is 13.1 Å². The minimum Gasteiger partial charge on any atom is -0.452 e. The van der Waals surface area contributed by atoms with Crippen LogP contribution >= 0.6 is 0 Å². The van der Waals surface area contributed by atoms with Crippen molar-refractivity contribution in [3.05, 3.63) is 48.0 Å². The molecule has 0 unspecified atom stereocenters. The molecule has 1 heterocycles. The third kappa shape index (κ3) is 3.37. The third-order valence-electron chi connectivity index (χ3n) is 3.94. The Balaban J connectivity index is 1.61. The molecule has 0 spiro atoms. The second-order valence-electron chi connectivity index (χ2n) is 5.71. The Morgan fingerprint density at radius 3 is 2.67 bits per heavy atom. The Morgan fingerprint density at radius 2 is 1.96 bits per heavy atom. The summed E-state index contributed by atoms with van der Waals surface area (Å²) in [5.41, 5.74) is 0.817. The predicted molar refractivity (Wildman–Crippen MR) is 88.3 cm³/mol.